The molecule has 0 radical (unpaired) electrons. The molecule has 5 rings (SSSR count). The van der Waals surface area contributed by atoms with Crippen LogP contribution < -0.4 is 0 Å². The Balaban J connectivity index is 1.96. The summed E-state index contributed by atoms with van der Waals surface area (Å²) < 4.78 is 0. The van der Waals surface area contributed by atoms with Crippen LogP contribution in [0.5, 0.6) is 0 Å². The van der Waals surface area contributed by atoms with E-state index in [0.29, 0.717) is 0 Å². The standard InChI is InChI=1S/C18H15N/c1-2-11-5-6-15-16(18(11)19-9-1)8-7-14-12-3-4-13(10-12)17(14)15/h1-2,5-9,12-13H,3-4,10H2. The molecule has 0 saturated heterocycles. The zero-order valence-electron chi connectivity index (χ0n) is 10.8. The monoisotopic (exact) mass is 245 g/mol. The summed E-state index contributed by atoms with van der Waals surface area (Å²) in [6, 6.07) is 13.4. The number of aromatic nitrogens is 1. The van der Waals surface area contributed by atoms with Crippen molar-refractivity contribution in [3.8, 4) is 0 Å². The van der Waals surface area contributed by atoms with Gasteiger partial charge in [-0.05, 0) is 53.7 Å². The molecule has 2 atom stereocenters. The van der Waals surface area contributed by atoms with E-state index in [9.17, 15) is 0 Å². The molecule has 1 heterocycles. The molecule has 0 spiro atoms. The van der Waals surface area contributed by atoms with Crippen LogP contribution in [0.1, 0.15) is 42.2 Å². The average Bonchev–Trinajstić information content (AvgIpc) is 3.08. The van der Waals surface area contributed by atoms with E-state index >= 15 is 0 Å². The number of hydrogen-bond acceptors (Lipinski definition) is 1. The third-order valence-corrected chi connectivity index (χ3v) is 5.13. The fourth-order valence-electron chi connectivity index (χ4n) is 4.33. The highest BCUT2D eigenvalue weighted by Gasteiger charge is 2.37. The third kappa shape index (κ3) is 1.18. The zero-order chi connectivity index (χ0) is 12.4. The van der Waals surface area contributed by atoms with Gasteiger partial charge in [0.15, 0.2) is 0 Å². The van der Waals surface area contributed by atoms with Gasteiger partial charge in [0.25, 0.3) is 0 Å². The molecule has 92 valence electrons. The summed E-state index contributed by atoms with van der Waals surface area (Å²) in [6.45, 7) is 0. The zero-order valence-corrected chi connectivity index (χ0v) is 10.8. The predicted octanol–water partition coefficient (Wildman–Crippen LogP) is 4.75. The molecule has 0 aliphatic heterocycles. The number of pyridine rings is 1. The number of fused-ring (bicyclic) bond motifs is 9. The third-order valence-electron chi connectivity index (χ3n) is 5.13. The van der Waals surface area contributed by atoms with Crippen molar-refractivity contribution in [3.05, 3.63) is 53.7 Å². The Labute approximate surface area is 112 Å². The molecule has 1 saturated carbocycles. The Morgan fingerprint density at radius 2 is 1.79 bits per heavy atom. The molecule has 1 heteroatoms. The molecule has 3 aromatic rings. The second-order valence-corrected chi connectivity index (χ2v) is 6.01. The van der Waals surface area contributed by atoms with Gasteiger partial charge in [-0.2, -0.15) is 0 Å². The maximum Gasteiger partial charge on any atom is 0.0780 e. The fourth-order valence-corrected chi connectivity index (χ4v) is 4.33. The summed E-state index contributed by atoms with van der Waals surface area (Å²) in [5.74, 6) is 1.65. The highest BCUT2D eigenvalue weighted by atomic mass is 14.6. The number of benzene rings is 2. The summed E-state index contributed by atoms with van der Waals surface area (Å²) >= 11 is 0. The van der Waals surface area contributed by atoms with Crippen molar-refractivity contribution in [2.75, 3.05) is 0 Å². The first-order chi connectivity index (χ1) is 9.42. The van der Waals surface area contributed by atoms with Gasteiger partial charge in [-0.15, -0.1) is 0 Å². The van der Waals surface area contributed by atoms with Crippen molar-refractivity contribution in [1.29, 1.82) is 0 Å². The van der Waals surface area contributed by atoms with E-state index in [-0.39, 0.29) is 0 Å². The molecular formula is C18H15N. The van der Waals surface area contributed by atoms with E-state index in [2.05, 4.69) is 35.3 Å². The summed E-state index contributed by atoms with van der Waals surface area (Å²) in [7, 11) is 0. The van der Waals surface area contributed by atoms with Gasteiger partial charge in [0, 0.05) is 17.0 Å². The van der Waals surface area contributed by atoms with Crippen LogP contribution in [0.4, 0.5) is 0 Å². The van der Waals surface area contributed by atoms with E-state index in [0.717, 1.165) is 17.4 Å². The van der Waals surface area contributed by atoms with Gasteiger partial charge in [-0.3, -0.25) is 4.98 Å². The molecule has 2 unspecified atom stereocenters. The van der Waals surface area contributed by atoms with Gasteiger partial charge >= 0.3 is 0 Å². The maximum absolute atomic E-state index is 4.60. The van der Waals surface area contributed by atoms with Crippen LogP contribution in [0.15, 0.2) is 42.6 Å². The molecule has 2 aliphatic carbocycles. The first-order valence-electron chi connectivity index (χ1n) is 7.22. The Morgan fingerprint density at radius 1 is 0.895 bits per heavy atom. The molecular weight excluding hydrogens is 230 g/mol. The summed E-state index contributed by atoms with van der Waals surface area (Å²) in [5.41, 5.74) is 4.42. The molecule has 2 aromatic carbocycles. The van der Waals surface area contributed by atoms with Gasteiger partial charge in [0.1, 0.15) is 0 Å². The van der Waals surface area contributed by atoms with E-state index in [1.54, 1.807) is 11.1 Å². The normalized spacial score (nSPS) is 24.2. The predicted molar refractivity (Wildman–Crippen MR) is 78.6 cm³/mol. The van der Waals surface area contributed by atoms with Crippen molar-refractivity contribution in [2.24, 2.45) is 0 Å². The van der Waals surface area contributed by atoms with Crippen LogP contribution in [0, 0.1) is 0 Å². The molecule has 19 heavy (non-hydrogen) atoms. The quantitative estimate of drug-likeness (QED) is 0.521. The molecule has 1 fully saturated rings. The minimum Gasteiger partial charge on any atom is -0.256 e. The average molecular weight is 245 g/mol. The summed E-state index contributed by atoms with van der Waals surface area (Å²) in [6.07, 6.45) is 6.07. The summed E-state index contributed by atoms with van der Waals surface area (Å²) in [5, 5.41) is 4.04. The minimum atomic E-state index is 0.810. The van der Waals surface area contributed by atoms with Gasteiger partial charge in [-0.25, -0.2) is 0 Å². The van der Waals surface area contributed by atoms with Gasteiger partial charge in [-0.1, -0.05) is 30.3 Å². The topological polar surface area (TPSA) is 12.9 Å². The second kappa shape index (κ2) is 3.36. The Kier molecular flexibility index (Phi) is 1.76. The highest BCUT2D eigenvalue weighted by Crippen LogP contribution is 2.55. The van der Waals surface area contributed by atoms with Gasteiger partial charge < -0.3 is 0 Å². The van der Waals surface area contributed by atoms with Crippen molar-refractivity contribution in [2.45, 2.75) is 31.1 Å². The van der Waals surface area contributed by atoms with Crippen molar-refractivity contribution < 1.29 is 0 Å². The van der Waals surface area contributed by atoms with Gasteiger partial charge in [0.05, 0.1) is 5.52 Å². The van der Waals surface area contributed by atoms with Crippen LogP contribution >= 0.6 is 0 Å². The molecule has 1 nitrogen and oxygen atoms in total. The number of nitrogens with zero attached hydrogens (tertiary/aromatic N) is 1. The molecule has 0 N–H and O–H groups in total. The van der Waals surface area contributed by atoms with Crippen LogP contribution in [0.25, 0.3) is 21.7 Å². The molecule has 1 aromatic heterocycles. The van der Waals surface area contributed by atoms with E-state index in [4.69, 9.17) is 0 Å². The van der Waals surface area contributed by atoms with Crippen molar-refractivity contribution >= 4 is 21.7 Å². The van der Waals surface area contributed by atoms with Crippen LogP contribution in [-0.2, 0) is 0 Å². The largest absolute Gasteiger partial charge is 0.256 e. The van der Waals surface area contributed by atoms with E-state index in [1.165, 1.54) is 35.4 Å². The van der Waals surface area contributed by atoms with E-state index in [1.807, 2.05) is 12.3 Å². The SMILES string of the molecule is c1cnc2c(c1)ccc1c3c(ccc12)C1CCC3C1. The van der Waals surface area contributed by atoms with Gasteiger partial charge in [0.2, 0.25) is 0 Å². The lowest BCUT2D eigenvalue weighted by atomic mass is 9.87. The minimum absolute atomic E-state index is 0.810. The lowest BCUT2D eigenvalue weighted by Gasteiger charge is -2.18. The van der Waals surface area contributed by atoms with Crippen LogP contribution in [0.2, 0.25) is 0 Å². The summed E-state index contributed by atoms with van der Waals surface area (Å²) in [4.78, 5) is 4.60. The molecule has 2 bridgehead atoms. The number of hydrogen-bond donors (Lipinski definition) is 0. The first kappa shape index (κ1) is 9.96. The Hall–Kier alpha value is -1.89. The fraction of sp³-hybridized carbons (Fsp3) is 0.278. The number of rotatable bonds is 0. The second-order valence-electron chi connectivity index (χ2n) is 6.01. The maximum atomic E-state index is 4.60. The van der Waals surface area contributed by atoms with Crippen LogP contribution in [0.3, 0.4) is 0 Å². The van der Waals surface area contributed by atoms with E-state index < -0.39 is 0 Å². The first-order valence-corrected chi connectivity index (χ1v) is 7.22. The van der Waals surface area contributed by atoms with Crippen molar-refractivity contribution in [3.63, 3.8) is 0 Å². The smallest absolute Gasteiger partial charge is 0.0780 e. The lowest BCUT2D eigenvalue weighted by molar-refractivity contribution is 0.722. The molecule has 0 amide bonds. The van der Waals surface area contributed by atoms with Crippen molar-refractivity contribution in [1.82, 2.24) is 4.98 Å². The Morgan fingerprint density at radius 3 is 2.79 bits per heavy atom. The molecule has 2 aliphatic rings. The Bertz CT molecular complexity index is 818. The van der Waals surface area contributed by atoms with Crippen LogP contribution in [-0.4, -0.2) is 4.98 Å². The highest BCUT2D eigenvalue weighted by molar-refractivity contribution is 6.07. The lowest BCUT2D eigenvalue weighted by Crippen LogP contribution is -1.99.